The van der Waals surface area contributed by atoms with Crippen LogP contribution in [-0.4, -0.2) is 23.4 Å². The first-order valence-corrected chi connectivity index (χ1v) is 5.97. The fourth-order valence-corrected chi connectivity index (χ4v) is 1.96. The number of nitrogens with zero attached hydrogens (tertiary/aromatic N) is 1. The average Bonchev–Trinajstić information content (AvgIpc) is 3.19. The summed E-state index contributed by atoms with van der Waals surface area (Å²) >= 11 is 0. The minimum absolute atomic E-state index is 0.148. The summed E-state index contributed by atoms with van der Waals surface area (Å²) in [6.45, 7) is 0.283. The van der Waals surface area contributed by atoms with E-state index in [0.717, 1.165) is 31.0 Å². The van der Waals surface area contributed by atoms with Crippen LogP contribution in [0.2, 0.25) is 0 Å². The van der Waals surface area contributed by atoms with Crippen molar-refractivity contribution in [3.63, 3.8) is 0 Å². The van der Waals surface area contributed by atoms with Crippen molar-refractivity contribution in [3.8, 4) is 0 Å². The monoisotopic (exact) mass is 267 g/mol. The van der Waals surface area contributed by atoms with Crippen LogP contribution >= 0.6 is 0 Å². The van der Waals surface area contributed by atoms with Gasteiger partial charge in [-0.1, -0.05) is 0 Å². The highest BCUT2D eigenvalue weighted by atomic mass is 19.1. The first-order valence-electron chi connectivity index (χ1n) is 5.97. The Morgan fingerprint density at radius 3 is 2.79 bits per heavy atom. The number of nitrogens with two attached hydrogens (primary N) is 1. The third kappa shape index (κ3) is 3.05. The molecule has 0 radical (unpaired) electrons. The highest BCUT2D eigenvalue weighted by molar-refractivity contribution is 5.98. The minimum Gasteiger partial charge on any atom is -0.348 e. The lowest BCUT2D eigenvalue weighted by Crippen LogP contribution is -2.41. The van der Waals surface area contributed by atoms with Crippen LogP contribution in [-0.2, 0) is 0 Å². The van der Waals surface area contributed by atoms with E-state index in [2.05, 4.69) is 5.32 Å². The van der Waals surface area contributed by atoms with Crippen molar-refractivity contribution in [2.45, 2.75) is 18.9 Å². The molecule has 1 saturated carbocycles. The Morgan fingerprint density at radius 1 is 1.58 bits per heavy atom. The molecule has 7 heteroatoms. The van der Waals surface area contributed by atoms with Gasteiger partial charge in [-0.2, -0.15) is 0 Å². The molecular formula is C12H14FN3O3. The number of nitrogens with one attached hydrogen (secondary N) is 1. The van der Waals surface area contributed by atoms with Crippen LogP contribution < -0.4 is 11.1 Å². The average molecular weight is 267 g/mol. The lowest BCUT2D eigenvalue weighted by molar-refractivity contribution is -0.385. The number of carbonyl (C=O) groups is 1. The second-order valence-corrected chi connectivity index (χ2v) is 4.57. The van der Waals surface area contributed by atoms with E-state index in [1.54, 1.807) is 0 Å². The maximum absolute atomic E-state index is 13.0. The molecule has 0 heterocycles. The number of nitro benzene ring substituents is 1. The van der Waals surface area contributed by atoms with Gasteiger partial charge in [0.2, 0.25) is 0 Å². The van der Waals surface area contributed by atoms with Crippen molar-refractivity contribution in [3.05, 3.63) is 39.7 Å². The van der Waals surface area contributed by atoms with Crippen molar-refractivity contribution in [2.75, 3.05) is 6.54 Å². The van der Waals surface area contributed by atoms with Crippen LogP contribution in [0.5, 0.6) is 0 Å². The van der Waals surface area contributed by atoms with Crippen LogP contribution in [0.3, 0.4) is 0 Å². The summed E-state index contributed by atoms with van der Waals surface area (Å²) in [7, 11) is 0. The molecule has 102 valence electrons. The molecule has 3 N–H and O–H groups in total. The van der Waals surface area contributed by atoms with E-state index < -0.39 is 22.3 Å². The number of halogens is 1. The van der Waals surface area contributed by atoms with E-state index in [-0.39, 0.29) is 18.2 Å². The third-order valence-electron chi connectivity index (χ3n) is 3.16. The Balaban J connectivity index is 2.20. The fourth-order valence-electron chi connectivity index (χ4n) is 1.96. The summed E-state index contributed by atoms with van der Waals surface area (Å²) in [4.78, 5) is 22.0. The minimum atomic E-state index is -0.771. The van der Waals surface area contributed by atoms with Crippen LogP contribution in [0.4, 0.5) is 10.1 Å². The van der Waals surface area contributed by atoms with Gasteiger partial charge in [0.15, 0.2) is 0 Å². The number of nitro groups is 1. The topological polar surface area (TPSA) is 98.3 Å². The van der Waals surface area contributed by atoms with Gasteiger partial charge in [-0.3, -0.25) is 14.9 Å². The molecule has 1 fully saturated rings. The molecular weight excluding hydrogens is 253 g/mol. The van der Waals surface area contributed by atoms with Gasteiger partial charge in [-0.25, -0.2) is 4.39 Å². The van der Waals surface area contributed by atoms with Gasteiger partial charge in [-0.05, 0) is 30.9 Å². The molecule has 0 bridgehead atoms. The smallest absolute Gasteiger partial charge is 0.285 e. The second-order valence-electron chi connectivity index (χ2n) is 4.57. The summed E-state index contributed by atoms with van der Waals surface area (Å²) in [5.41, 5.74) is 4.87. The summed E-state index contributed by atoms with van der Waals surface area (Å²) in [5.74, 6) is -0.997. The van der Waals surface area contributed by atoms with Crippen molar-refractivity contribution >= 4 is 11.6 Å². The predicted molar refractivity (Wildman–Crippen MR) is 66.1 cm³/mol. The SMILES string of the molecule is NCC(NC(=O)c1ccc(F)cc1[N+](=O)[O-])C1CC1. The standard InChI is InChI=1S/C12H14FN3O3/c13-8-3-4-9(11(5-8)16(18)19)12(17)15-10(6-14)7-1-2-7/h3-5,7,10H,1-2,6,14H2,(H,15,17). The molecule has 1 aromatic rings. The van der Waals surface area contributed by atoms with E-state index in [4.69, 9.17) is 5.73 Å². The Morgan fingerprint density at radius 2 is 2.26 bits per heavy atom. The second kappa shape index (κ2) is 5.31. The highest BCUT2D eigenvalue weighted by Gasteiger charge is 2.32. The number of amides is 1. The lowest BCUT2D eigenvalue weighted by atomic mass is 10.1. The van der Waals surface area contributed by atoms with Crippen LogP contribution in [0.15, 0.2) is 18.2 Å². The maximum atomic E-state index is 13.0. The predicted octanol–water partition coefficient (Wildman–Crippen LogP) is 1.20. The zero-order valence-electron chi connectivity index (χ0n) is 10.1. The van der Waals surface area contributed by atoms with Crippen molar-refractivity contribution < 1.29 is 14.1 Å². The molecule has 0 spiro atoms. The van der Waals surface area contributed by atoms with Gasteiger partial charge in [0.25, 0.3) is 11.6 Å². The zero-order chi connectivity index (χ0) is 14.0. The number of hydrogen-bond donors (Lipinski definition) is 2. The molecule has 1 aliphatic carbocycles. The Bertz CT molecular complexity index is 517. The van der Waals surface area contributed by atoms with Gasteiger partial charge in [0.1, 0.15) is 11.4 Å². The molecule has 0 aromatic heterocycles. The molecule has 2 rings (SSSR count). The van der Waals surface area contributed by atoms with Crippen molar-refractivity contribution in [1.82, 2.24) is 5.32 Å². The highest BCUT2D eigenvalue weighted by Crippen LogP contribution is 2.32. The number of carbonyl (C=O) groups excluding carboxylic acids is 1. The Labute approximate surface area is 108 Å². The number of hydrogen-bond acceptors (Lipinski definition) is 4. The van der Waals surface area contributed by atoms with E-state index in [0.29, 0.717) is 5.92 Å². The molecule has 1 aliphatic rings. The van der Waals surface area contributed by atoms with E-state index >= 15 is 0 Å². The number of benzene rings is 1. The van der Waals surface area contributed by atoms with Crippen molar-refractivity contribution in [1.29, 1.82) is 0 Å². The summed E-state index contributed by atoms with van der Waals surface area (Å²) in [5, 5.41) is 13.5. The quantitative estimate of drug-likeness (QED) is 0.618. The van der Waals surface area contributed by atoms with Gasteiger partial charge in [0, 0.05) is 12.6 Å². The largest absolute Gasteiger partial charge is 0.348 e. The van der Waals surface area contributed by atoms with Crippen LogP contribution in [0, 0.1) is 21.8 Å². The molecule has 6 nitrogen and oxygen atoms in total. The summed E-state index contributed by atoms with van der Waals surface area (Å²) < 4.78 is 13.0. The van der Waals surface area contributed by atoms with Crippen LogP contribution in [0.25, 0.3) is 0 Å². The maximum Gasteiger partial charge on any atom is 0.285 e. The van der Waals surface area contributed by atoms with Gasteiger partial charge in [0.05, 0.1) is 11.0 Å². The normalized spacial score (nSPS) is 15.9. The van der Waals surface area contributed by atoms with Crippen LogP contribution in [0.1, 0.15) is 23.2 Å². The fraction of sp³-hybridized carbons (Fsp3) is 0.417. The molecule has 0 aliphatic heterocycles. The molecule has 1 amide bonds. The Hall–Kier alpha value is -2.02. The lowest BCUT2D eigenvalue weighted by Gasteiger charge is -2.15. The van der Waals surface area contributed by atoms with E-state index in [9.17, 15) is 19.3 Å². The van der Waals surface area contributed by atoms with Gasteiger partial charge < -0.3 is 11.1 Å². The van der Waals surface area contributed by atoms with E-state index in [1.807, 2.05) is 0 Å². The number of rotatable bonds is 5. The van der Waals surface area contributed by atoms with Crippen molar-refractivity contribution in [2.24, 2.45) is 11.7 Å². The molecule has 19 heavy (non-hydrogen) atoms. The third-order valence-corrected chi connectivity index (χ3v) is 3.16. The molecule has 1 unspecified atom stereocenters. The molecule has 1 aromatic carbocycles. The van der Waals surface area contributed by atoms with Gasteiger partial charge >= 0.3 is 0 Å². The zero-order valence-corrected chi connectivity index (χ0v) is 10.1. The summed E-state index contributed by atoms with van der Waals surface area (Å²) in [6.07, 6.45) is 1.99. The first kappa shape index (κ1) is 13.4. The van der Waals surface area contributed by atoms with E-state index in [1.165, 1.54) is 0 Å². The van der Waals surface area contributed by atoms with Gasteiger partial charge in [-0.15, -0.1) is 0 Å². The Kier molecular flexibility index (Phi) is 3.75. The first-order chi connectivity index (χ1) is 9.02. The molecule has 1 atom stereocenters. The summed E-state index contributed by atoms with van der Waals surface area (Å²) in [6, 6.07) is 2.70. The molecule has 0 saturated heterocycles.